The molecule has 0 aromatic carbocycles. The predicted octanol–water partition coefficient (Wildman–Crippen LogP) is -0.212. The molecule has 0 fully saturated rings. The molecule has 3 nitrogen and oxygen atoms in total. The van der Waals surface area contributed by atoms with Crippen molar-refractivity contribution in [3.8, 4) is 0 Å². The maximum absolute atomic E-state index is 10.9. The zero-order valence-corrected chi connectivity index (χ0v) is 9.17. The van der Waals surface area contributed by atoms with E-state index in [-0.39, 0.29) is 11.9 Å². The molecule has 0 amide bonds. The van der Waals surface area contributed by atoms with Gasteiger partial charge in [-0.15, -0.1) is 0 Å². The molecule has 0 aliphatic rings. The summed E-state index contributed by atoms with van der Waals surface area (Å²) < 4.78 is 5.07. The molecule has 0 radical (unpaired) electrons. The topological polar surface area (TPSA) is 29.5 Å². The van der Waals surface area contributed by atoms with Crippen LogP contribution in [0.5, 0.6) is 0 Å². The van der Waals surface area contributed by atoms with E-state index in [1.54, 1.807) is 0 Å². The van der Waals surface area contributed by atoms with Crippen molar-refractivity contribution in [2.75, 3.05) is 20.3 Å². The molecule has 0 aliphatic heterocycles. The molecule has 0 atom stereocenters. The Morgan fingerprint density at radius 2 is 2.09 bits per heavy atom. The summed E-state index contributed by atoms with van der Waals surface area (Å²) >= 11 is 0. The SMILES string of the molecule is CC(C)C(=O)O[SiH2]CN(C)C. The Labute approximate surface area is 70.7 Å². The Balaban J connectivity index is 3.32. The fraction of sp³-hybridized carbons (Fsp3) is 0.857. The number of hydrogen-bond donors (Lipinski definition) is 0. The lowest BCUT2D eigenvalue weighted by Crippen LogP contribution is -2.24. The average Bonchev–Trinajstić information content (AvgIpc) is 1.86. The van der Waals surface area contributed by atoms with Gasteiger partial charge in [-0.1, -0.05) is 13.8 Å². The smallest absolute Gasteiger partial charge is 0.294 e. The van der Waals surface area contributed by atoms with Crippen molar-refractivity contribution in [3.63, 3.8) is 0 Å². The summed E-state index contributed by atoms with van der Waals surface area (Å²) in [7, 11) is 3.31. The van der Waals surface area contributed by atoms with Crippen LogP contribution in [0.4, 0.5) is 0 Å². The van der Waals surface area contributed by atoms with Crippen molar-refractivity contribution in [1.82, 2.24) is 4.90 Å². The second kappa shape index (κ2) is 5.32. The zero-order chi connectivity index (χ0) is 8.85. The summed E-state index contributed by atoms with van der Waals surface area (Å²) in [5, 5.41) is 0. The summed E-state index contributed by atoms with van der Waals surface area (Å²) in [6.07, 6.45) is 0.929. The van der Waals surface area contributed by atoms with Gasteiger partial charge in [-0.25, -0.2) is 0 Å². The number of carbonyl (C=O) groups excluding carboxylic acids is 1. The maximum Gasteiger partial charge on any atom is 0.294 e. The number of carbonyl (C=O) groups is 1. The highest BCUT2D eigenvalue weighted by Crippen LogP contribution is 1.93. The summed E-state index contributed by atoms with van der Waals surface area (Å²) in [6, 6.07) is 0. The van der Waals surface area contributed by atoms with E-state index < -0.39 is 9.76 Å². The van der Waals surface area contributed by atoms with Crippen molar-refractivity contribution in [2.24, 2.45) is 5.92 Å². The summed E-state index contributed by atoms with van der Waals surface area (Å²) in [6.45, 7) is 3.71. The van der Waals surface area contributed by atoms with Gasteiger partial charge in [0.15, 0.2) is 0 Å². The first-order chi connectivity index (χ1) is 5.04. The van der Waals surface area contributed by atoms with Crippen LogP contribution in [0.2, 0.25) is 0 Å². The second-order valence-electron chi connectivity index (χ2n) is 3.13. The molecule has 66 valence electrons. The number of rotatable bonds is 4. The van der Waals surface area contributed by atoms with Crippen LogP contribution in [0.3, 0.4) is 0 Å². The van der Waals surface area contributed by atoms with Gasteiger partial charge in [-0.2, -0.15) is 0 Å². The first kappa shape index (κ1) is 10.6. The van der Waals surface area contributed by atoms with Gasteiger partial charge in [0.25, 0.3) is 5.97 Å². The fourth-order valence-corrected chi connectivity index (χ4v) is 1.49. The molecule has 11 heavy (non-hydrogen) atoms. The molecule has 0 aromatic heterocycles. The summed E-state index contributed by atoms with van der Waals surface area (Å²) in [5.41, 5.74) is 0. The lowest BCUT2D eigenvalue weighted by atomic mass is 10.2. The Hall–Kier alpha value is -0.353. The third-order valence-electron chi connectivity index (χ3n) is 1.25. The van der Waals surface area contributed by atoms with E-state index in [1.807, 2.05) is 32.8 Å². The van der Waals surface area contributed by atoms with E-state index in [9.17, 15) is 4.79 Å². The van der Waals surface area contributed by atoms with E-state index in [0.717, 1.165) is 6.17 Å². The van der Waals surface area contributed by atoms with Gasteiger partial charge in [0.2, 0.25) is 9.76 Å². The maximum atomic E-state index is 10.9. The van der Waals surface area contributed by atoms with E-state index in [4.69, 9.17) is 4.43 Å². The summed E-state index contributed by atoms with van der Waals surface area (Å²) in [5.74, 6) is -0.0387. The van der Waals surface area contributed by atoms with Gasteiger partial charge in [0.1, 0.15) is 0 Å². The first-order valence-corrected chi connectivity index (χ1v) is 5.43. The molecule has 0 aliphatic carbocycles. The standard InChI is InChI=1S/C7H17NO2Si/c1-6(2)7(9)10-11-5-8(3)4/h6H,5,11H2,1-4H3. The average molecular weight is 175 g/mol. The molecule has 0 spiro atoms. The highest BCUT2D eigenvalue weighted by molar-refractivity contribution is 6.30. The Morgan fingerprint density at radius 3 is 2.45 bits per heavy atom. The van der Waals surface area contributed by atoms with Crippen molar-refractivity contribution in [1.29, 1.82) is 0 Å². The minimum Gasteiger partial charge on any atom is -0.523 e. The fourth-order valence-electron chi connectivity index (χ4n) is 0.495. The van der Waals surface area contributed by atoms with Crippen LogP contribution in [-0.4, -0.2) is 40.9 Å². The second-order valence-corrected chi connectivity index (χ2v) is 4.27. The minimum atomic E-state index is -0.650. The molecular formula is C7H17NO2Si. The van der Waals surface area contributed by atoms with Crippen molar-refractivity contribution in [3.05, 3.63) is 0 Å². The minimum absolute atomic E-state index is 0.0182. The Morgan fingerprint density at radius 1 is 1.55 bits per heavy atom. The third-order valence-corrected chi connectivity index (χ3v) is 2.82. The van der Waals surface area contributed by atoms with Crippen LogP contribution in [0.25, 0.3) is 0 Å². The van der Waals surface area contributed by atoms with Crippen LogP contribution in [0.1, 0.15) is 13.8 Å². The van der Waals surface area contributed by atoms with Crippen LogP contribution in [0, 0.1) is 5.92 Å². The monoisotopic (exact) mass is 175 g/mol. The normalized spacial score (nSPS) is 11.8. The van der Waals surface area contributed by atoms with Gasteiger partial charge >= 0.3 is 0 Å². The lowest BCUT2D eigenvalue weighted by molar-refractivity contribution is -0.137. The van der Waals surface area contributed by atoms with Gasteiger partial charge in [0.05, 0.1) is 0 Å². The lowest BCUT2D eigenvalue weighted by Gasteiger charge is -2.10. The number of hydrogen-bond acceptors (Lipinski definition) is 3. The first-order valence-electron chi connectivity index (χ1n) is 3.85. The molecule has 0 heterocycles. The molecule has 0 unspecified atom stereocenters. The molecule has 0 saturated carbocycles. The van der Waals surface area contributed by atoms with Gasteiger partial charge in [-0.3, -0.25) is 4.79 Å². The number of nitrogens with zero attached hydrogens (tertiary/aromatic N) is 1. The zero-order valence-electron chi connectivity index (χ0n) is 7.76. The van der Waals surface area contributed by atoms with Crippen molar-refractivity contribution in [2.45, 2.75) is 13.8 Å². The highest BCUT2D eigenvalue weighted by atomic mass is 28.2. The van der Waals surface area contributed by atoms with Crippen LogP contribution >= 0.6 is 0 Å². The molecule has 0 rings (SSSR count). The highest BCUT2D eigenvalue weighted by Gasteiger charge is 2.06. The van der Waals surface area contributed by atoms with E-state index in [0.29, 0.717) is 0 Å². The van der Waals surface area contributed by atoms with Gasteiger partial charge in [-0.05, 0) is 14.1 Å². The molecule has 0 saturated heterocycles. The van der Waals surface area contributed by atoms with Crippen LogP contribution in [0.15, 0.2) is 0 Å². The Bertz CT molecular complexity index is 126. The molecule has 0 N–H and O–H groups in total. The molecule has 4 heteroatoms. The molecular weight excluding hydrogens is 158 g/mol. The van der Waals surface area contributed by atoms with E-state index >= 15 is 0 Å². The van der Waals surface area contributed by atoms with Crippen molar-refractivity contribution < 1.29 is 9.22 Å². The quantitative estimate of drug-likeness (QED) is 0.554. The summed E-state index contributed by atoms with van der Waals surface area (Å²) in [4.78, 5) is 13.0. The van der Waals surface area contributed by atoms with Crippen LogP contribution in [-0.2, 0) is 9.22 Å². The van der Waals surface area contributed by atoms with Crippen molar-refractivity contribution >= 4 is 15.7 Å². The third kappa shape index (κ3) is 6.06. The van der Waals surface area contributed by atoms with E-state index in [2.05, 4.69) is 0 Å². The van der Waals surface area contributed by atoms with Crippen LogP contribution < -0.4 is 0 Å². The van der Waals surface area contributed by atoms with Gasteiger partial charge in [0, 0.05) is 12.1 Å². The Kier molecular flexibility index (Phi) is 5.15. The molecule has 0 aromatic rings. The van der Waals surface area contributed by atoms with E-state index in [1.165, 1.54) is 0 Å². The van der Waals surface area contributed by atoms with Gasteiger partial charge < -0.3 is 9.33 Å². The molecule has 0 bridgehead atoms. The predicted molar refractivity (Wildman–Crippen MR) is 48.0 cm³/mol. The largest absolute Gasteiger partial charge is 0.523 e.